The van der Waals surface area contributed by atoms with Crippen molar-refractivity contribution in [3.8, 4) is 0 Å². The number of hydrogen-bond acceptors (Lipinski definition) is 3. The van der Waals surface area contributed by atoms with Crippen molar-refractivity contribution in [2.45, 2.75) is 58.3 Å². The van der Waals surface area contributed by atoms with E-state index in [2.05, 4.69) is 67.9 Å². The molecule has 3 nitrogen and oxygen atoms in total. The summed E-state index contributed by atoms with van der Waals surface area (Å²) in [5.41, 5.74) is 9.23. The standard InChI is InChI=1S/C21H29N.C3H10N2/c1-4-21(12-11-17-7-5-6-8-19(17)21)13-14-22-20(15-16(2)3)18-9-10-18;1-4-5(2)3/h5-8,11-12,16,22H,4,9-10,13-15H2,1-3H3;4H,1-3H3. The molecule has 0 radical (unpaired) electrons. The van der Waals surface area contributed by atoms with E-state index in [4.69, 9.17) is 0 Å². The Kier molecular flexibility index (Phi) is 8.12. The Bertz CT molecular complexity index is 651. The molecule has 1 aromatic carbocycles. The molecule has 150 valence electrons. The summed E-state index contributed by atoms with van der Waals surface area (Å²) in [5.74, 6) is 0.739. The summed E-state index contributed by atoms with van der Waals surface area (Å²) in [6.45, 7) is 8.03. The van der Waals surface area contributed by atoms with Crippen molar-refractivity contribution in [2.75, 3.05) is 27.7 Å². The van der Waals surface area contributed by atoms with E-state index in [0.717, 1.165) is 12.5 Å². The fraction of sp³-hybridized carbons (Fsp3) is 0.583. The van der Waals surface area contributed by atoms with Crippen LogP contribution in [0.25, 0.3) is 6.08 Å². The lowest BCUT2D eigenvalue weighted by atomic mass is 9.77. The normalized spacial score (nSPS) is 19.8. The Morgan fingerprint density at radius 2 is 1.85 bits per heavy atom. The van der Waals surface area contributed by atoms with Gasteiger partial charge in [0.25, 0.3) is 0 Å². The fourth-order valence-corrected chi connectivity index (χ4v) is 3.69. The number of hydrogen-bond donors (Lipinski definition) is 2. The molecule has 3 rings (SSSR count). The first-order chi connectivity index (χ1) is 12.9. The van der Waals surface area contributed by atoms with Gasteiger partial charge in [-0.3, -0.25) is 10.4 Å². The minimum atomic E-state index is 0.237. The molecule has 0 amide bonds. The molecule has 0 spiro atoms. The van der Waals surface area contributed by atoms with Crippen LogP contribution in [0.1, 0.15) is 64.0 Å². The zero-order chi connectivity index (χ0) is 19.9. The Labute approximate surface area is 166 Å². The van der Waals surface area contributed by atoms with Crippen molar-refractivity contribution >= 4 is 6.08 Å². The van der Waals surface area contributed by atoms with E-state index >= 15 is 0 Å². The van der Waals surface area contributed by atoms with E-state index in [-0.39, 0.29) is 5.41 Å². The molecule has 1 saturated carbocycles. The Morgan fingerprint density at radius 1 is 1.19 bits per heavy atom. The van der Waals surface area contributed by atoms with Gasteiger partial charge in [0.1, 0.15) is 0 Å². The van der Waals surface area contributed by atoms with Gasteiger partial charge in [0, 0.05) is 31.8 Å². The van der Waals surface area contributed by atoms with Gasteiger partial charge in [0.15, 0.2) is 0 Å². The average Bonchev–Trinajstić information content (AvgIpc) is 3.44. The zero-order valence-electron chi connectivity index (χ0n) is 18.2. The van der Waals surface area contributed by atoms with Gasteiger partial charge in [-0.05, 0) is 56.2 Å². The molecule has 1 atom stereocenters. The van der Waals surface area contributed by atoms with Crippen molar-refractivity contribution < 1.29 is 0 Å². The zero-order valence-corrected chi connectivity index (χ0v) is 18.2. The van der Waals surface area contributed by atoms with Crippen LogP contribution >= 0.6 is 0 Å². The highest BCUT2D eigenvalue weighted by atomic mass is 15.5. The highest BCUT2D eigenvalue weighted by Gasteiger charge is 2.32. The fourth-order valence-electron chi connectivity index (χ4n) is 3.69. The minimum absolute atomic E-state index is 0.237. The summed E-state index contributed by atoms with van der Waals surface area (Å²) < 4.78 is 0. The average molecular weight is 370 g/mol. The first-order valence-electron chi connectivity index (χ1n) is 10.5. The molecular weight excluding hydrogens is 330 g/mol. The van der Waals surface area contributed by atoms with Crippen molar-refractivity contribution in [3.63, 3.8) is 0 Å². The van der Waals surface area contributed by atoms with Crippen molar-refractivity contribution in [2.24, 2.45) is 5.92 Å². The van der Waals surface area contributed by atoms with E-state index in [1.54, 1.807) is 5.57 Å². The van der Waals surface area contributed by atoms with Crippen molar-refractivity contribution in [3.05, 3.63) is 52.7 Å². The van der Waals surface area contributed by atoms with Gasteiger partial charge in [0.05, 0.1) is 0 Å². The van der Waals surface area contributed by atoms with Gasteiger partial charge < -0.3 is 5.32 Å². The lowest BCUT2D eigenvalue weighted by Gasteiger charge is -2.29. The van der Waals surface area contributed by atoms with Gasteiger partial charge in [-0.1, -0.05) is 62.8 Å². The third-order valence-electron chi connectivity index (χ3n) is 5.61. The van der Waals surface area contributed by atoms with Gasteiger partial charge in [-0.2, -0.15) is 0 Å². The van der Waals surface area contributed by atoms with Crippen LogP contribution in [0.3, 0.4) is 0 Å². The van der Waals surface area contributed by atoms with Gasteiger partial charge >= 0.3 is 0 Å². The maximum Gasteiger partial charge on any atom is 0.0155 e. The SMILES string of the molecule is CCC1(CCNC(CC(C)C)=C2CC2)C=Cc2ccccc21.CNN(C)C. The van der Waals surface area contributed by atoms with Gasteiger partial charge in [0.2, 0.25) is 0 Å². The smallest absolute Gasteiger partial charge is 0.0155 e. The summed E-state index contributed by atoms with van der Waals surface area (Å²) >= 11 is 0. The lowest BCUT2D eigenvalue weighted by Crippen LogP contribution is -2.28. The van der Waals surface area contributed by atoms with Gasteiger partial charge in [-0.15, -0.1) is 0 Å². The van der Waals surface area contributed by atoms with E-state index in [1.165, 1.54) is 48.9 Å². The summed E-state index contributed by atoms with van der Waals surface area (Å²) in [6.07, 6.45) is 11.0. The van der Waals surface area contributed by atoms with Crippen LogP contribution in [-0.4, -0.2) is 32.7 Å². The van der Waals surface area contributed by atoms with E-state index in [9.17, 15) is 0 Å². The summed E-state index contributed by atoms with van der Waals surface area (Å²) in [5, 5.41) is 5.65. The maximum absolute atomic E-state index is 3.78. The van der Waals surface area contributed by atoms with Crippen LogP contribution in [0.2, 0.25) is 0 Å². The topological polar surface area (TPSA) is 27.3 Å². The van der Waals surface area contributed by atoms with Crippen LogP contribution in [0.15, 0.2) is 41.6 Å². The molecule has 2 N–H and O–H groups in total. The number of benzene rings is 1. The molecule has 0 aliphatic heterocycles. The third kappa shape index (κ3) is 6.22. The molecule has 27 heavy (non-hydrogen) atoms. The first kappa shape index (κ1) is 21.7. The molecule has 2 aliphatic rings. The van der Waals surface area contributed by atoms with Crippen molar-refractivity contribution in [1.82, 2.24) is 15.8 Å². The Balaban J connectivity index is 0.000000465. The van der Waals surface area contributed by atoms with Gasteiger partial charge in [-0.25, -0.2) is 0 Å². The number of fused-ring (bicyclic) bond motifs is 1. The van der Waals surface area contributed by atoms with Crippen LogP contribution in [0, 0.1) is 5.92 Å². The van der Waals surface area contributed by atoms with Crippen LogP contribution in [0.4, 0.5) is 0 Å². The van der Waals surface area contributed by atoms with E-state index < -0.39 is 0 Å². The van der Waals surface area contributed by atoms with Crippen LogP contribution in [0.5, 0.6) is 0 Å². The molecular formula is C24H39N3. The molecule has 1 unspecified atom stereocenters. The summed E-state index contributed by atoms with van der Waals surface area (Å²) in [4.78, 5) is 0. The minimum Gasteiger partial charge on any atom is -0.388 e. The molecule has 1 fully saturated rings. The molecule has 0 aromatic heterocycles. The highest BCUT2D eigenvalue weighted by molar-refractivity contribution is 5.65. The molecule has 2 aliphatic carbocycles. The van der Waals surface area contributed by atoms with Crippen LogP contribution < -0.4 is 10.7 Å². The molecule has 0 heterocycles. The van der Waals surface area contributed by atoms with Crippen LogP contribution in [-0.2, 0) is 5.41 Å². The number of rotatable bonds is 8. The Morgan fingerprint density at radius 3 is 2.41 bits per heavy atom. The van der Waals surface area contributed by atoms with E-state index in [1.807, 2.05) is 26.2 Å². The number of nitrogens with one attached hydrogen (secondary N) is 2. The highest BCUT2D eigenvalue weighted by Crippen LogP contribution is 2.41. The number of hydrazine groups is 1. The number of nitrogens with zero attached hydrogens (tertiary/aromatic N) is 1. The second-order valence-corrected chi connectivity index (χ2v) is 8.41. The third-order valence-corrected chi connectivity index (χ3v) is 5.61. The molecule has 3 heteroatoms. The summed E-state index contributed by atoms with van der Waals surface area (Å²) in [7, 11) is 5.76. The first-order valence-corrected chi connectivity index (χ1v) is 10.5. The molecule has 1 aromatic rings. The quantitative estimate of drug-likeness (QED) is 0.623. The monoisotopic (exact) mass is 369 g/mol. The summed E-state index contributed by atoms with van der Waals surface area (Å²) in [6, 6.07) is 8.88. The largest absolute Gasteiger partial charge is 0.388 e. The predicted octanol–water partition coefficient (Wildman–Crippen LogP) is 5.12. The molecule has 0 bridgehead atoms. The predicted molar refractivity (Wildman–Crippen MR) is 119 cm³/mol. The number of allylic oxidation sites excluding steroid dienone is 3. The second-order valence-electron chi connectivity index (χ2n) is 8.41. The second kappa shape index (κ2) is 10.1. The van der Waals surface area contributed by atoms with E-state index in [0.29, 0.717) is 0 Å². The lowest BCUT2D eigenvalue weighted by molar-refractivity contribution is 0.323. The Hall–Kier alpha value is -1.58. The van der Waals surface area contributed by atoms with Crippen molar-refractivity contribution in [1.29, 1.82) is 0 Å². The molecule has 0 saturated heterocycles. The maximum atomic E-state index is 3.78.